The number of nitrogens with one attached hydrogen (secondary N) is 1. The van der Waals surface area contributed by atoms with Crippen LogP contribution >= 0.6 is 12.4 Å². The van der Waals surface area contributed by atoms with Crippen LogP contribution in [-0.4, -0.2) is 24.3 Å². The van der Waals surface area contributed by atoms with Crippen LogP contribution in [0.1, 0.15) is 32.6 Å². The molecule has 1 rings (SSSR count). The van der Waals surface area contributed by atoms with Gasteiger partial charge in [-0.3, -0.25) is 0 Å². The molecule has 0 heterocycles. The van der Waals surface area contributed by atoms with Gasteiger partial charge in [0.1, 0.15) is 0 Å². The standard InChI is InChI=1S/C9H19NO.ClH/c1-8-3-5-9(11,6-4-8)7-10-2;/h8,10-11H,3-7H2,1-2H3;1H. The fraction of sp³-hybridized carbons (Fsp3) is 1.00. The molecule has 2 N–H and O–H groups in total. The molecule has 1 saturated carbocycles. The minimum Gasteiger partial charge on any atom is -0.389 e. The zero-order valence-corrected chi connectivity index (χ0v) is 8.78. The van der Waals surface area contributed by atoms with Gasteiger partial charge in [-0.1, -0.05) is 6.92 Å². The highest BCUT2D eigenvalue weighted by Gasteiger charge is 2.30. The van der Waals surface area contributed by atoms with E-state index in [2.05, 4.69) is 12.2 Å². The summed E-state index contributed by atoms with van der Waals surface area (Å²) in [5, 5.41) is 13.0. The first-order valence-electron chi connectivity index (χ1n) is 4.53. The van der Waals surface area contributed by atoms with Crippen LogP contribution in [-0.2, 0) is 0 Å². The minimum absolute atomic E-state index is 0. The Morgan fingerprint density at radius 1 is 1.42 bits per heavy atom. The van der Waals surface area contributed by atoms with Crippen LogP contribution in [0, 0.1) is 5.92 Å². The summed E-state index contributed by atoms with van der Waals surface area (Å²) in [6.07, 6.45) is 4.29. The van der Waals surface area contributed by atoms with Crippen LogP contribution in [0.5, 0.6) is 0 Å². The molecule has 1 aliphatic rings. The Morgan fingerprint density at radius 3 is 2.33 bits per heavy atom. The number of halogens is 1. The van der Waals surface area contributed by atoms with Crippen molar-refractivity contribution in [2.45, 2.75) is 38.2 Å². The second-order valence-corrected chi connectivity index (χ2v) is 3.94. The van der Waals surface area contributed by atoms with Gasteiger partial charge >= 0.3 is 0 Å². The van der Waals surface area contributed by atoms with Gasteiger partial charge in [-0.05, 0) is 38.6 Å². The highest BCUT2D eigenvalue weighted by Crippen LogP contribution is 2.30. The minimum atomic E-state index is -0.402. The van der Waals surface area contributed by atoms with Crippen molar-refractivity contribution in [2.24, 2.45) is 5.92 Å². The molecule has 0 unspecified atom stereocenters. The van der Waals surface area contributed by atoms with Crippen LogP contribution in [0.15, 0.2) is 0 Å². The van der Waals surface area contributed by atoms with Gasteiger partial charge < -0.3 is 10.4 Å². The van der Waals surface area contributed by atoms with Crippen molar-refractivity contribution >= 4 is 12.4 Å². The van der Waals surface area contributed by atoms with Gasteiger partial charge in [0.25, 0.3) is 0 Å². The molecule has 0 amide bonds. The van der Waals surface area contributed by atoms with Crippen molar-refractivity contribution in [3.05, 3.63) is 0 Å². The Morgan fingerprint density at radius 2 is 1.92 bits per heavy atom. The molecule has 0 saturated heterocycles. The zero-order valence-electron chi connectivity index (χ0n) is 7.97. The topological polar surface area (TPSA) is 32.3 Å². The first-order chi connectivity index (χ1) is 5.16. The molecule has 0 atom stereocenters. The molecule has 12 heavy (non-hydrogen) atoms. The van der Waals surface area contributed by atoms with Crippen LogP contribution < -0.4 is 5.32 Å². The number of hydrogen-bond donors (Lipinski definition) is 2. The number of aliphatic hydroxyl groups is 1. The molecule has 0 aromatic carbocycles. The summed E-state index contributed by atoms with van der Waals surface area (Å²) in [7, 11) is 1.90. The zero-order chi connectivity index (χ0) is 8.32. The first-order valence-corrected chi connectivity index (χ1v) is 4.53. The maximum atomic E-state index is 9.93. The van der Waals surface area contributed by atoms with Crippen LogP contribution in [0.3, 0.4) is 0 Å². The lowest BCUT2D eigenvalue weighted by Crippen LogP contribution is -2.42. The van der Waals surface area contributed by atoms with Gasteiger partial charge in [0.2, 0.25) is 0 Å². The van der Waals surface area contributed by atoms with E-state index in [1.165, 1.54) is 12.8 Å². The van der Waals surface area contributed by atoms with Crippen molar-refractivity contribution < 1.29 is 5.11 Å². The predicted molar refractivity (Wildman–Crippen MR) is 53.8 cm³/mol. The van der Waals surface area contributed by atoms with E-state index in [1.54, 1.807) is 0 Å². The number of rotatable bonds is 2. The Bertz CT molecular complexity index is 122. The van der Waals surface area contributed by atoms with E-state index in [1.807, 2.05) is 7.05 Å². The molecule has 3 heteroatoms. The van der Waals surface area contributed by atoms with E-state index in [0.29, 0.717) is 0 Å². The summed E-state index contributed by atoms with van der Waals surface area (Å²) < 4.78 is 0. The lowest BCUT2D eigenvalue weighted by molar-refractivity contribution is -0.00453. The molecular weight excluding hydrogens is 174 g/mol. The Labute approximate surface area is 81.2 Å². The van der Waals surface area contributed by atoms with Gasteiger partial charge in [-0.2, -0.15) is 0 Å². The van der Waals surface area contributed by atoms with Crippen molar-refractivity contribution in [2.75, 3.05) is 13.6 Å². The van der Waals surface area contributed by atoms with Gasteiger partial charge in [-0.25, -0.2) is 0 Å². The average Bonchev–Trinajstić information content (AvgIpc) is 1.97. The molecule has 0 radical (unpaired) electrons. The highest BCUT2D eigenvalue weighted by atomic mass is 35.5. The molecule has 1 fully saturated rings. The fourth-order valence-corrected chi connectivity index (χ4v) is 1.81. The van der Waals surface area contributed by atoms with Crippen molar-refractivity contribution in [3.63, 3.8) is 0 Å². The van der Waals surface area contributed by atoms with E-state index in [-0.39, 0.29) is 12.4 Å². The summed E-state index contributed by atoms with van der Waals surface area (Å²) in [6.45, 7) is 3.01. The van der Waals surface area contributed by atoms with Gasteiger partial charge in [0.15, 0.2) is 0 Å². The van der Waals surface area contributed by atoms with Gasteiger partial charge in [0.05, 0.1) is 5.60 Å². The maximum absolute atomic E-state index is 9.93. The van der Waals surface area contributed by atoms with Crippen LogP contribution in [0.25, 0.3) is 0 Å². The van der Waals surface area contributed by atoms with Crippen molar-refractivity contribution in [3.8, 4) is 0 Å². The third-order valence-corrected chi connectivity index (χ3v) is 2.71. The third kappa shape index (κ3) is 3.30. The molecule has 0 bridgehead atoms. The van der Waals surface area contributed by atoms with E-state index in [4.69, 9.17) is 0 Å². The van der Waals surface area contributed by atoms with E-state index < -0.39 is 5.60 Å². The van der Waals surface area contributed by atoms with Gasteiger partial charge in [-0.15, -0.1) is 12.4 Å². The third-order valence-electron chi connectivity index (χ3n) is 2.71. The normalized spacial score (nSPS) is 35.8. The molecule has 1 aliphatic carbocycles. The predicted octanol–water partition coefficient (Wildman–Crippen LogP) is 1.57. The van der Waals surface area contributed by atoms with E-state index >= 15 is 0 Å². The maximum Gasteiger partial charge on any atom is 0.0771 e. The van der Waals surface area contributed by atoms with Crippen molar-refractivity contribution in [1.29, 1.82) is 0 Å². The molecule has 0 aromatic heterocycles. The van der Waals surface area contributed by atoms with E-state index in [0.717, 1.165) is 25.3 Å². The summed E-state index contributed by atoms with van der Waals surface area (Å²) in [6, 6.07) is 0. The Balaban J connectivity index is 0.00000121. The fourth-order valence-electron chi connectivity index (χ4n) is 1.81. The molecule has 0 aliphatic heterocycles. The summed E-state index contributed by atoms with van der Waals surface area (Å²) in [5.74, 6) is 0.812. The second-order valence-electron chi connectivity index (χ2n) is 3.94. The monoisotopic (exact) mass is 193 g/mol. The molecule has 2 nitrogen and oxygen atoms in total. The molecule has 0 aromatic rings. The molecular formula is C9H20ClNO. The van der Waals surface area contributed by atoms with E-state index in [9.17, 15) is 5.11 Å². The SMILES string of the molecule is CNCC1(O)CCC(C)CC1.Cl. The highest BCUT2D eigenvalue weighted by molar-refractivity contribution is 5.85. The average molecular weight is 194 g/mol. The van der Waals surface area contributed by atoms with Gasteiger partial charge in [0, 0.05) is 6.54 Å². The Hall–Kier alpha value is 0.210. The first kappa shape index (κ1) is 12.2. The van der Waals surface area contributed by atoms with Crippen LogP contribution in [0.2, 0.25) is 0 Å². The summed E-state index contributed by atoms with van der Waals surface area (Å²) >= 11 is 0. The summed E-state index contributed by atoms with van der Waals surface area (Å²) in [4.78, 5) is 0. The summed E-state index contributed by atoms with van der Waals surface area (Å²) in [5.41, 5.74) is -0.402. The number of hydrogen-bond acceptors (Lipinski definition) is 2. The smallest absolute Gasteiger partial charge is 0.0771 e. The van der Waals surface area contributed by atoms with Crippen LogP contribution in [0.4, 0.5) is 0 Å². The molecule has 74 valence electrons. The largest absolute Gasteiger partial charge is 0.389 e. The quantitative estimate of drug-likeness (QED) is 0.698. The van der Waals surface area contributed by atoms with Crippen molar-refractivity contribution in [1.82, 2.24) is 5.32 Å². The Kier molecular flexibility index (Phi) is 5.14. The lowest BCUT2D eigenvalue weighted by Gasteiger charge is -2.34. The molecule has 0 spiro atoms. The second kappa shape index (κ2) is 5.05. The number of likely N-dealkylation sites (N-methyl/N-ethyl adjacent to an activating group) is 1. The lowest BCUT2D eigenvalue weighted by atomic mass is 9.79.